The van der Waals surface area contributed by atoms with Crippen molar-refractivity contribution in [3.8, 4) is 0 Å². The lowest BCUT2D eigenvalue weighted by Crippen LogP contribution is -2.49. The van der Waals surface area contributed by atoms with Gasteiger partial charge in [0.15, 0.2) is 0 Å². The van der Waals surface area contributed by atoms with Crippen LogP contribution < -0.4 is 0 Å². The fourth-order valence-corrected chi connectivity index (χ4v) is 3.80. The van der Waals surface area contributed by atoms with E-state index in [-0.39, 0.29) is 23.1 Å². The Morgan fingerprint density at radius 1 is 1.16 bits per heavy atom. The number of alkyl halides is 1. The van der Waals surface area contributed by atoms with E-state index in [9.17, 15) is 9.59 Å². The lowest BCUT2D eigenvalue weighted by Gasteiger charge is -2.38. The van der Waals surface area contributed by atoms with Gasteiger partial charge in [-0.2, -0.15) is 0 Å². The molecule has 1 rings (SSSR count). The van der Waals surface area contributed by atoms with E-state index < -0.39 is 0 Å². The highest BCUT2D eigenvalue weighted by Gasteiger charge is 2.37. The first kappa shape index (κ1) is 16.7. The third-order valence-electron chi connectivity index (χ3n) is 3.99. The van der Waals surface area contributed by atoms with Gasteiger partial charge in [-0.05, 0) is 24.2 Å². The van der Waals surface area contributed by atoms with Crippen molar-refractivity contribution >= 4 is 27.7 Å². The molecular weight excluding hydrogens is 306 g/mol. The summed E-state index contributed by atoms with van der Waals surface area (Å²) in [5, 5.41) is 0.855. The van der Waals surface area contributed by atoms with Gasteiger partial charge in [-0.3, -0.25) is 14.5 Å². The van der Waals surface area contributed by atoms with Crippen molar-refractivity contribution in [1.29, 1.82) is 0 Å². The topological polar surface area (TPSA) is 37.4 Å². The quantitative estimate of drug-likeness (QED) is 0.526. The Morgan fingerprint density at radius 3 is 2.00 bits per heavy atom. The Morgan fingerprint density at radius 2 is 1.63 bits per heavy atom. The third kappa shape index (κ3) is 4.30. The predicted molar refractivity (Wildman–Crippen MR) is 81.2 cm³/mol. The molecule has 0 aromatic heterocycles. The standard InChI is InChI=1S/C15H26BrNO2/c1-4-6-15(10-16,7-5-2)11-17-13(18)8-12(3)9-14(17)19/h12H,4-11H2,1-3H3. The third-order valence-corrected chi connectivity index (χ3v) is 5.18. The van der Waals surface area contributed by atoms with Crippen molar-refractivity contribution in [3.63, 3.8) is 0 Å². The first-order valence-corrected chi connectivity index (χ1v) is 8.49. The van der Waals surface area contributed by atoms with Gasteiger partial charge in [-0.1, -0.05) is 49.5 Å². The van der Waals surface area contributed by atoms with Gasteiger partial charge in [0.1, 0.15) is 0 Å². The van der Waals surface area contributed by atoms with E-state index in [1.165, 1.54) is 4.90 Å². The second-order valence-corrected chi connectivity index (χ2v) is 6.58. The molecule has 0 saturated carbocycles. The molecular formula is C15H26BrNO2. The van der Waals surface area contributed by atoms with Crippen LogP contribution in [0.2, 0.25) is 0 Å². The van der Waals surface area contributed by atoms with E-state index >= 15 is 0 Å². The van der Waals surface area contributed by atoms with Gasteiger partial charge in [-0.25, -0.2) is 0 Å². The van der Waals surface area contributed by atoms with Crippen LogP contribution in [-0.4, -0.2) is 28.6 Å². The molecule has 110 valence electrons. The number of hydrogen-bond acceptors (Lipinski definition) is 2. The van der Waals surface area contributed by atoms with Crippen LogP contribution >= 0.6 is 15.9 Å². The number of carbonyl (C=O) groups is 2. The number of likely N-dealkylation sites (tertiary alicyclic amines) is 1. The van der Waals surface area contributed by atoms with Crippen LogP contribution in [0.3, 0.4) is 0 Å². The highest BCUT2D eigenvalue weighted by atomic mass is 79.9. The fourth-order valence-electron chi connectivity index (χ4n) is 3.06. The summed E-state index contributed by atoms with van der Waals surface area (Å²) in [6, 6.07) is 0. The van der Waals surface area contributed by atoms with Crippen molar-refractivity contribution in [3.05, 3.63) is 0 Å². The summed E-state index contributed by atoms with van der Waals surface area (Å²) in [5.41, 5.74) is 0.0510. The maximum Gasteiger partial charge on any atom is 0.229 e. The summed E-state index contributed by atoms with van der Waals surface area (Å²) in [6.07, 6.45) is 5.30. The average Bonchev–Trinajstić information content (AvgIpc) is 2.34. The van der Waals surface area contributed by atoms with Gasteiger partial charge in [0.25, 0.3) is 0 Å². The summed E-state index contributed by atoms with van der Waals surface area (Å²) < 4.78 is 0. The first-order valence-electron chi connectivity index (χ1n) is 7.37. The molecule has 0 atom stereocenters. The highest BCUT2D eigenvalue weighted by Crippen LogP contribution is 2.34. The molecule has 1 heterocycles. The zero-order valence-corrected chi connectivity index (χ0v) is 14.0. The van der Waals surface area contributed by atoms with Crippen LogP contribution in [0, 0.1) is 11.3 Å². The summed E-state index contributed by atoms with van der Waals surface area (Å²) >= 11 is 3.60. The molecule has 0 aromatic rings. The second kappa shape index (κ2) is 7.41. The van der Waals surface area contributed by atoms with Crippen molar-refractivity contribution in [2.24, 2.45) is 11.3 Å². The van der Waals surface area contributed by atoms with E-state index in [2.05, 4.69) is 29.8 Å². The van der Waals surface area contributed by atoms with Gasteiger partial charge in [0.05, 0.1) is 0 Å². The van der Waals surface area contributed by atoms with Crippen LogP contribution in [0.15, 0.2) is 0 Å². The van der Waals surface area contributed by atoms with E-state index in [0.29, 0.717) is 19.4 Å². The highest BCUT2D eigenvalue weighted by molar-refractivity contribution is 9.09. The maximum atomic E-state index is 12.1. The van der Waals surface area contributed by atoms with Crippen LogP contribution in [0.4, 0.5) is 0 Å². The Bertz CT molecular complexity index is 306. The Hall–Kier alpha value is -0.380. The summed E-state index contributed by atoms with van der Waals surface area (Å²) in [5.74, 6) is 0.231. The molecule has 1 fully saturated rings. The number of rotatable bonds is 7. The molecule has 19 heavy (non-hydrogen) atoms. The van der Waals surface area contributed by atoms with Crippen molar-refractivity contribution in [1.82, 2.24) is 4.90 Å². The normalized spacial score (nSPS) is 18.2. The van der Waals surface area contributed by atoms with E-state index in [1.54, 1.807) is 0 Å². The molecule has 0 spiro atoms. The minimum absolute atomic E-state index is 0.0151. The largest absolute Gasteiger partial charge is 0.282 e. The molecule has 1 aliphatic heterocycles. The molecule has 4 heteroatoms. The number of nitrogens with zero attached hydrogens (tertiary/aromatic N) is 1. The lowest BCUT2D eigenvalue weighted by atomic mass is 9.80. The molecule has 0 N–H and O–H groups in total. The maximum absolute atomic E-state index is 12.1. The number of halogens is 1. The summed E-state index contributed by atoms with van der Waals surface area (Å²) in [6.45, 7) is 6.89. The Kier molecular flexibility index (Phi) is 6.51. The van der Waals surface area contributed by atoms with E-state index in [4.69, 9.17) is 0 Å². The van der Waals surface area contributed by atoms with Gasteiger partial charge < -0.3 is 0 Å². The van der Waals surface area contributed by atoms with Gasteiger partial charge in [-0.15, -0.1) is 0 Å². The van der Waals surface area contributed by atoms with Gasteiger partial charge in [0.2, 0.25) is 11.8 Å². The molecule has 3 nitrogen and oxygen atoms in total. The monoisotopic (exact) mass is 331 g/mol. The Balaban J connectivity index is 2.82. The minimum Gasteiger partial charge on any atom is -0.282 e. The fraction of sp³-hybridized carbons (Fsp3) is 0.867. The molecule has 0 radical (unpaired) electrons. The Labute approximate surface area is 125 Å². The molecule has 2 amide bonds. The van der Waals surface area contributed by atoms with E-state index in [1.807, 2.05) is 6.92 Å². The number of hydrogen-bond donors (Lipinski definition) is 0. The SMILES string of the molecule is CCCC(CBr)(CCC)CN1C(=O)CC(C)CC1=O. The molecule has 1 aliphatic rings. The lowest BCUT2D eigenvalue weighted by molar-refractivity contribution is -0.151. The zero-order valence-electron chi connectivity index (χ0n) is 12.4. The van der Waals surface area contributed by atoms with Crippen LogP contribution in [0.25, 0.3) is 0 Å². The number of imide groups is 1. The number of piperidine rings is 1. The van der Waals surface area contributed by atoms with Crippen LogP contribution in [0.1, 0.15) is 59.3 Å². The minimum atomic E-state index is 0.0151. The first-order chi connectivity index (χ1) is 8.98. The second-order valence-electron chi connectivity index (χ2n) is 6.02. The molecule has 0 bridgehead atoms. The number of carbonyl (C=O) groups excluding carboxylic acids is 2. The van der Waals surface area contributed by atoms with Gasteiger partial charge in [0, 0.05) is 24.7 Å². The molecule has 0 aromatic carbocycles. The van der Waals surface area contributed by atoms with E-state index in [0.717, 1.165) is 31.0 Å². The van der Waals surface area contributed by atoms with Crippen molar-refractivity contribution in [2.75, 3.05) is 11.9 Å². The molecule has 0 aliphatic carbocycles. The summed E-state index contributed by atoms with van der Waals surface area (Å²) in [4.78, 5) is 25.7. The molecule has 0 unspecified atom stereocenters. The number of amides is 2. The van der Waals surface area contributed by atoms with Crippen LogP contribution in [0.5, 0.6) is 0 Å². The molecule has 1 saturated heterocycles. The van der Waals surface area contributed by atoms with Gasteiger partial charge >= 0.3 is 0 Å². The zero-order chi connectivity index (χ0) is 14.5. The summed E-state index contributed by atoms with van der Waals surface area (Å²) in [7, 11) is 0. The van der Waals surface area contributed by atoms with Crippen LogP contribution in [-0.2, 0) is 9.59 Å². The van der Waals surface area contributed by atoms with Crippen molar-refractivity contribution in [2.45, 2.75) is 59.3 Å². The average molecular weight is 332 g/mol. The predicted octanol–water partition coefficient (Wildman–Crippen LogP) is 3.75. The van der Waals surface area contributed by atoms with Crippen molar-refractivity contribution < 1.29 is 9.59 Å². The smallest absolute Gasteiger partial charge is 0.229 e.